The smallest absolute Gasteiger partial charge is 0.227 e. The molecule has 3 aromatic heterocycles. The second-order valence-electron chi connectivity index (χ2n) is 15.0. The maximum atomic E-state index is 6.52. The lowest BCUT2D eigenvalue weighted by Gasteiger charge is -2.11. The third kappa shape index (κ3) is 5.81. The van der Waals surface area contributed by atoms with Crippen LogP contribution in [0.2, 0.25) is 0 Å². The van der Waals surface area contributed by atoms with E-state index in [0.29, 0.717) is 28.9 Å². The molecule has 12 aromatic rings. The molecule has 3 heterocycles. The molecule has 0 atom stereocenters. The van der Waals surface area contributed by atoms with Gasteiger partial charge < -0.3 is 8.83 Å². The summed E-state index contributed by atoms with van der Waals surface area (Å²) in [4.78, 5) is 20.3. The SMILES string of the molecule is c1ccc(-c2ccc(-c3nc(-c4ccc(-c5ccc6ccccc6c5)cc4)nc(-c4ccc5ccc6oc7ccc8nc(-c9ccccc9)oc8c7c6c5c4)n3)cc2)cc1. The zero-order valence-electron chi connectivity index (χ0n) is 32.1. The number of hydrogen-bond donors (Lipinski definition) is 0. The summed E-state index contributed by atoms with van der Waals surface area (Å²) in [6, 6.07) is 66.7. The molecule has 0 saturated heterocycles. The fraction of sp³-hybridized carbons (Fsp3) is 0. The van der Waals surface area contributed by atoms with Crippen LogP contribution in [0.1, 0.15) is 0 Å². The number of nitrogens with zero attached hydrogens (tertiary/aromatic N) is 4. The molecule has 12 rings (SSSR count). The number of oxazole rings is 1. The van der Waals surface area contributed by atoms with Crippen LogP contribution < -0.4 is 0 Å². The zero-order valence-corrected chi connectivity index (χ0v) is 32.1. The van der Waals surface area contributed by atoms with Gasteiger partial charge in [-0.25, -0.2) is 19.9 Å². The fourth-order valence-electron chi connectivity index (χ4n) is 8.29. The third-order valence-corrected chi connectivity index (χ3v) is 11.4. The van der Waals surface area contributed by atoms with Crippen molar-refractivity contribution in [1.82, 2.24) is 19.9 Å². The van der Waals surface area contributed by atoms with E-state index < -0.39 is 0 Å². The Kier molecular flexibility index (Phi) is 7.74. The maximum Gasteiger partial charge on any atom is 0.227 e. The molecule has 280 valence electrons. The number of furan rings is 1. The molecule has 9 aromatic carbocycles. The highest BCUT2D eigenvalue weighted by Gasteiger charge is 2.20. The number of aromatic nitrogens is 4. The van der Waals surface area contributed by atoms with Crippen molar-refractivity contribution in [2.24, 2.45) is 0 Å². The molecule has 0 aliphatic rings. The van der Waals surface area contributed by atoms with Gasteiger partial charge in [-0.3, -0.25) is 0 Å². The summed E-state index contributed by atoms with van der Waals surface area (Å²) in [7, 11) is 0. The van der Waals surface area contributed by atoms with Crippen LogP contribution in [0.25, 0.3) is 122 Å². The van der Waals surface area contributed by atoms with E-state index in [9.17, 15) is 0 Å². The Bertz CT molecular complexity index is 3580. The second kappa shape index (κ2) is 13.7. The topological polar surface area (TPSA) is 77.8 Å². The molecule has 0 bridgehead atoms. The molecule has 60 heavy (non-hydrogen) atoms. The van der Waals surface area contributed by atoms with Gasteiger partial charge in [0.1, 0.15) is 16.7 Å². The zero-order chi connectivity index (χ0) is 39.6. The molecular formula is C54H32N4O2. The quantitative estimate of drug-likeness (QED) is 0.168. The minimum absolute atomic E-state index is 0.570. The predicted molar refractivity (Wildman–Crippen MR) is 242 cm³/mol. The van der Waals surface area contributed by atoms with Gasteiger partial charge in [-0.15, -0.1) is 0 Å². The molecule has 0 amide bonds. The first-order valence-electron chi connectivity index (χ1n) is 19.9. The summed E-state index contributed by atoms with van der Waals surface area (Å²) in [5.41, 5.74) is 11.1. The number of fused-ring (bicyclic) bond motifs is 8. The van der Waals surface area contributed by atoms with E-state index in [1.807, 2.05) is 54.6 Å². The normalized spacial score (nSPS) is 11.7. The van der Waals surface area contributed by atoms with Crippen LogP contribution in [0.5, 0.6) is 0 Å². The van der Waals surface area contributed by atoms with Crippen molar-refractivity contribution in [2.75, 3.05) is 0 Å². The Morgan fingerprint density at radius 2 is 0.800 bits per heavy atom. The van der Waals surface area contributed by atoms with Gasteiger partial charge >= 0.3 is 0 Å². The molecule has 0 spiro atoms. The Balaban J connectivity index is 1.01. The molecule has 0 N–H and O–H groups in total. The average Bonchev–Trinajstić information content (AvgIpc) is 3.94. The van der Waals surface area contributed by atoms with Gasteiger partial charge in [-0.05, 0) is 86.3 Å². The van der Waals surface area contributed by atoms with Crippen molar-refractivity contribution in [3.63, 3.8) is 0 Å². The monoisotopic (exact) mass is 768 g/mol. The van der Waals surface area contributed by atoms with Gasteiger partial charge in [-0.2, -0.15) is 0 Å². The Morgan fingerprint density at radius 3 is 1.52 bits per heavy atom. The van der Waals surface area contributed by atoms with E-state index >= 15 is 0 Å². The first kappa shape index (κ1) is 33.9. The van der Waals surface area contributed by atoms with Gasteiger partial charge in [0.05, 0.1) is 5.39 Å². The molecule has 6 heteroatoms. The lowest BCUT2D eigenvalue weighted by molar-refractivity contribution is 0.622. The van der Waals surface area contributed by atoms with Crippen molar-refractivity contribution in [3.8, 4) is 67.9 Å². The molecule has 0 fully saturated rings. The van der Waals surface area contributed by atoms with Crippen LogP contribution in [-0.4, -0.2) is 19.9 Å². The highest BCUT2D eigenvalue weighted by molar-refractivity contribution is 6.25. The molecule has 0 aliphatic carbocycles. The average molecular weight is 769 g/mol. The van der Waals surface area contributed by atoms with Crippen molar-refractivity contribution in [3.05, 3.63) is 194 Å². The molecule has 0 saturated carbocycles. The largest absolute Gasteiger partial charge is 0.456 e. The van der Waals surface area contributed by atoms with E-state index in [4.69, 9.17) is 28.8 Å². The fourth-order valence-corrected chi connectivity index (χ4v) is 8.29. The predicted octanol–water partition coefficient (Wildman–Crippen LogP) is 14.2. The van der Waals surface area contributed by atoms with Crippen molar-refractivity contribution in [1.29, 1.82) is 0 Å². The summed E-state index contributed by atoms with van der Waals surface area (Å²) in [6.07, 6.45) is 0. The van der Waals surface area contributed by atoms with Crippen molar-refractivity contribution < 1.29 is 8.83 Å². The summed E-state index contributed by atoms with van der Waals surface area (Å²) in [5.74, 6) is 2.33. The van der Waals surface area contributed by atoms with Crippen LogP contribution in [-0.2, 0) is 0 Å². The van der Waals surface area contributed by atoms with E-state index in [1.165, 1.54) is 10.8 Å². The minimum Gasteiger partial charge on any atom is -0.456 e. The van der Waals surface area contributed by atoms with Crippen LogP contribution in [0.4, 0.5) is 0 Å². The van der Waals surface area contributed by atoms with Gasteiger partial charge in [-0.1, -0.05) is 152 Å². The highest BCUT2D eigenvalue weighted by Crippen LogP contribution is 2.41. The minimum atomic E-state index is 0.570. The second-order valence-corrected chi connectivity index (χ2v) is 15.0. The number of benzene rings is 9. The molecule has 0 aliphatic heterocycles. The Hall–Kier alpha value is -8.22. The van der Waals surface area contributed by atoms with Gasteiger partial charge in [0.25, 0.3) is 0 Å². The maximum absolute atomic E-state index is 6.52. The first-order valence-corrected chi connectivity index (χ1v) is 19.9. The lowest BCUT2D eigenvalue weighted by atomic mass is 10.00. The van der Waals surface area contributed by atoms with Crippen LogP contribution in [0, 0.1) is 0 Å². The van der Waals surface area contributed by atoms with Gasteiger partial charge in [0.15, 0.2) is 23.1 Å². The summed E-state index contributed by atoms with van der Waals surface area (Å²) in [6.45, 7) is 0. The van der Waals surface area contributed by atoms with Gasteiger partial charge in [0, 0.05) is 27.6 Å². The summed E-state index contributed by atoms with van der Waals surface area (Å²) >= 11 is 0. The van der Waals surface area contributed by atoms with Crippen LogP contribution in [0.3, 0.4) is 0 Å². The van der Waals surface area contributed by atoms with E-state index in [0.717, 1.165) is 82.7 Å². The molecule has 6 nitrogen and oxygen atoms in total. The van der Waals surface area contributed by atoms with E-state index in [-0.39, 0.29) is 0 Å². The number of rotatable bonds is 6. The van der Waals surface area contributed by atoms with Crippen LogP contribution in [0.15, 0.2) is 203 Å². The van der Waals surface area contributed by atoms with Crippen LogP contribution >= 0.6 is 0 Å². The lowest BCUT2D eigenvalue weighted by Crippen LogP contribution is -2.00. The van der Waals surface area contributed by atoms with Gasteiger partial charge in [0.2, 0.25) is 5.89 Å². The third-order valence-electron chi connectivity index (χ3n) is 11.4. The van der Waals surface area contributed by atoms with E-state index in [2.05, 4.69) is 140 Å². The summed E-state index contributed by atoms with van der Waals surface area (Å²) < 4.78 is 13.0. The molecule has 0 radical (unpaired) electrons. The van der Waals surface area contributed by atoms with Crippen molar-refractivity contribution >= 4 is 54.6 Å². The first-order chi connectivity index (χ1) is 29.7. The van der Waals surface area contributed by atoms with E-state index in [1.54, 1.807) is 0 Å². The Labute approximate surface area is 344 Å². The Morgan fingerprint density at radius 1 is 0.300 bits per heavy atom. The highest BCUT2D eigenvalue weighted by atomic mass is 16.4. The molecular weight excluding hydrogens is 737 g/mol. The molecule has 0 unspecified atom stereocenters. The number of hydrogen-bond acceptors (Lipinski definition) is 6. The standard InChI is InChI=1S/C54H32N4O2/c1-3-9-33(10-4-1)35-15-21-38(22-16-35)51-56-52(39-23-17-36(18-24-39)42-25-19-34-11-7-8-14-41(34)31-42)58-53(57-51)43-26-20-37-27-29-46-48(44(37)32-43)49-47(59-46)30-28-45-50(49)60-54(55-45)40-12-5-2-6-13-40/h1-32H. The van der Waals surface area contributed by atoms with Crippen molar-refractivity contribution in [2.45, 2.75) is 0 Å². The summed E-state index contributed by atoms with van der Waals surface area (Å²) in [5, 5.41) is 6.34.